The molecule has 0 saturated heterocycles. The van der Waals surface area contributed by atoms with Gasteiger partial charge in [0.2, 0.25) is 0 Å². The van der Waals surface area contributed by atoms with Crippen LogP contribution < -0.4 is 5.32 Å². The first-order valence-electron chi connectivity index (χ1n) is 8.25. The lowest BCUT2D eigenvalue weighted by Gasteiger charge is -2.06. The van der Waals surface area contributed by atoms with E-state index in [2.05, 4.69) is 43.4 Å². The molecule has 0 atom stereocenters. The van der Waals surface area contributed by atoms with E-state index in [1.807, 2.05) is 36.0 Å². The molecular formula is C20H25NOS. The van der Waals surface area contributed by atoms with Crippen LogP contribution in [-0.2, 0) is 5.75 Å². The Balaban J connectivity index is 1.81. The van der Waals surface area contributed by atoms with Crippen LogP contribution in [0.1, 0.15) is 47.7 Å². The molecule has 0 aliphatic heterocycles. The van der Waals surface area contributed by atoms with Crippen molar-refractivity contribution in [2.24, 2.45) is 0 Å². The molecule has 0 aliphatic rings. The molecule has 3 heteroatoms. The fourth-order valence-corrected chi connectivity index (χ4v) is 3.09. The van der Waals surface area contributed by atoms with Gasteiger partial charge in [-0.2, -0.15) is 0 Å². The van der Waals surface area contributed by atoms with Gasteiger partial charge in [-0.3, -0.25) is 4.79 Å². The van der Waals surface area contributed by atoms with Crippen LogP contribution in [0.3, 0.4) is 0 Å². The van der Waals surface area contributed by atoms with Crippen LogP contribution >= 0.6 is 11.8 Å². The fourth-order valence-electron chi connectivity index (χ4n) is 2.23. The molecule has 0 aromatic heterocycles. The summed E-state index contributed by atoms with van der Waals surface area (Å²) in [6, 6.07) is 16.5. The van der Waals surface area contributed by atoms with Gasteiger partial charge in [0.15, 0.2) is 0 Å². The molecule has 0 bridgehead atoms. The van der Waals surface area contributed by atoms with Crippen LogP contribution in [0.5, 0.6) is 0 Å². The standard InChI is InChI=1S/C20H25NOS/c1-3-4-5-14-21-20(22)18-10-8-17(9-11-18)15-23-19-12-6-16(2)7-13-19/h6-13H,3-5,14-15H2,1-2H3,(H,21,22). The molecule has 122 valence electrons. The molecule has 0 aliphatic carbocycles. The summed E-state index contributed by atoms with van der Waals surface area (Å²) < 4.78 is 0. The third kappa shape index (κ3) is 6.11. The minimum absolute atomic E-state index is 0.0267. The zero-order valence-corrected chi connectivity index (χ0v) is 14.8. The van der Waals surface area contributed by atoms with Gasteiger partial charge in [0.1, 0.15) is 0 Å². The van der Waals surface area contributed by atoms with Crippen molar-refractivity contribution in [3.8, 4) is 0 Å². The topological polar surface area (TPSA) is 29.1 Å². The van der Waals surface area contributed by atoms with Crippen molar-refractivity contribution in [3.63, 3.8) is 0 Å². The first-order chi connectivity index (χ1) is 11.2. The summed E-state index contributed by atoms with van der Waals surface area (Å²) >= 11 is 1.82. The zero-order valence-electron chi connectivity index (χ0n) is 14.0. The Morgan fingerprint density at radius 2 is 1.70 bits per heavy atom. The molecule has 0 spiro atoms. The molecule has 2 aromatic carbocycles. The molecule has 1 amide bonds. The maximum Gasteiger partial charge on any atom is 0.251 e. The van der Waals surface area contributed by atoms with Crippen molar-refractivity contribution < 1.29 is 4.79 Å². The van der Waals surface area contributed by atoms with Gasteiger partial charge in [-0.1, -0.05) is 49.6 Å². The highest BCUT2D eigenvalue weighted by Gasteiger charge is 2.04. The second kappa shape index (κ2) is 9.41. The molecule has 23 heavy (non-hydrogen) atoms. The molecule has 0 heterocycles. The first-order valence-corrected chi connectivity index (χ1v) is 9.24. The van der Waals surface area contributed by atoms with E-state index < -0.39 is 0 Å². The molecule has 2 rings (SSSR count). The van der Waals surface area contributed by atoms with Crippen LogP contribution in [-0.4, -0.2) is 12.5 Å². The number of hydrogen-bond donors (Lipinski definition) is 1. The average Bonchev–Trinajstić information content (AvgIpc) is 2.58. The molecule has 0 saturated carbocycles. The van der Waals surface area contributed by atoms with E-state index >= 15 is 0 Å². The van der Waals surface area contributed by atoms with Gasteiger partial charge in [0.05, 0.1) is 0 Å². The zero-order chi connectivity index (χ0) is 16.5. The van der Waals surface area contributed by atoms with Crippen LogP contribution in [0.2, 0.25) is 0 Å². The van der Waals surface area contributed by atoms with Gasteiger partial charge >= 0.3 is 0 Å². The van der Waals surface area contributed by atoms with E-state index in [1.165, 1.54) is 22.4 Å². The molecule has 2 nitrogen and oxygen atoms in total. The van der Waals surface area contributed by atoms with Gasteiger partial charge < -0.3 is 5.32 Å². The predicted molar refractivity (Wildman–Crippen MR) is 99.0 cm³/mol. The third-order valence-electron chi connectivity index (χ3n) is 3.71. The number of aryl methyl sites for hydroxylation is 1. The van der Waals surface area contributed by atoms with Crippen molar-refractivity contribution in [2.45, 2.75) is 43.8 Å². The number of nitrogens with one attached hydrogen (secondary N) is 1. The SMILES string of the molecule is CCCCCNC(=O)c1ccc(CSc2ccc(C)cc2)cc1. The smallest absolute Gasteiger partial charge is 0.251 e. The summed E-state index contributed by atoms with van der Waals surface area (Å²) in [5.41, 5.74) is 3.26. The summed E-state index contributed by atoms with van der Waals surface area (Å²) in [6.07, 6.45) is 3.38. The highest BCUT2D eigenvalue weighted by molar-refractivity contribution is 7.98. The molecule has 2 aromatic rings. The lowest BCUT2D eigenvalue weighted by atomic mass is 10.1. The number of thioether (sulfide) groups is 1. The van der Waals surface area contributed by atoms with Gasteiger partial charge in [0, 0.05) is 22.8 Å². The van der Waals surface area contributed by atoms with E-state index in [0.29, 0.717) is 0 Å². The highest BCUT2D eigenvalue weighted by Crippen LogP contribution is 2.23. The Bertz CT molecular complexity index is 605. The van der Waals surface area contributed by atoms with Crippen molar-refractivity contribution in [3.05, 3.63) is 65.2 Å². The number of amides is 1. The van der Waals surface area contributed by atoms with Crippen molar-refractivity contribution in [1.82, 2.24) is 5.32 Å². The summed E-state index contributed by atoms with van der Waals surface area (Å²) in [7, 11) is 0. The van der Waals surface area contributed by atoms with Gasteiger partial charge in [0.25, 0.3) is 5.91 Å². The van der Waals surface area contributed by atoms with Crippen molar-refractivity contribution >= 4 is 17.7 Å². The van der Waals surface area contributed by atoms with Crippen LogP contribution in [0.25, 0.3) is 0 Å². The van der Waals surface area contributed by atoms with Crippen molar-refractivity contribution in [1.29, 1.82) is 0 Å². The Labute approximate surface area is 143 Å². The summed E-state index contributed by atoms with van der Waals surface area (Å²) in [4.78, 5) is 13.3. The van der Waals surface area contributed by atoms with Crippen LogP contribution in [0.15, 0.2) is 53.4 Å². The highest BCUT2D eigenvalue weighted by atomic mass is 32.2. The minimum Gasteiger partial charge on any atom is -0.352 e. The molecule has 1 N–H and O–H groups in total. The summed E-state index contributed by atoms with van der Waals surface area (Å²) in [5, 5.41) is 2.97. The Kier molecular flexibility index (Phi) is 7.21. The number of unbranched alkanes of at least 4 members (excludes halogenated alkanes) is 2. The number of carbonyl (C=O) groups excluding carboxylic acids is 1. The number of carbonyl (C=O) groups is 1. The largest absolute Gasteiger partial charge is 0.352 e. The second-order valence-corrected chi connectivity index (χ2v) is 6.81. The van der Waals surface area contributed by atoms with Gasteiger partial charge in [-0.15, -0.1) is 11.8 Å². The lowest BCUT2D eigenvalue weighted by molar-refractivity contribution is 0.0953. The third-order valence-corrected chi connectivity index (χ3v) is 4.79. The van der Waals surface area contributed by atoms with E-state index in [9.17, 15) is 4.79 Å². The van der Waals surface area contributed by atoms with Gasteiger partial charge in [-0.25, -0.2) is 0 Å². The monoisotopic (exact) mass is 327 g/mol. The van der Waals surface area contributed by atoms with Crippen LogP contribution in [0.4, 0.5) is 0 Å². The summed E-state index contributed by atoms with van der Waals surface area (Å²) in [6.45, 7) is 5.02. The quantitative estimate of drug-likeness (QED) is 0.533. The predicted octanol–water partition coefficient (Wildman–Crippen LogP) is 5.21. The Morgan fingerprint density at radius 3 is 2.35 bits per heavy atom. The number of hydrogen-bond acceptors (Lipinski definition) is 2. The Morgan fingerprint density at radius 1 is 1.00 bits per heavy atom. The second-order valence-electron chi connectivity index (χ2n) is 5.76. The average molecular weight is 327 g/mol. The van der Waals surface area contributed by atoms with Crippen molar-refractivity contribution in [2.75, 3.05) is 6.54 Å². The maximum absolute atomic E-state index is 12.0. The lowest BCUT2D eigenvalue weighted by Crippen LogP contribution is -2.24. The van der Waals surface area contributed by atoms with Crippen LogP contribution in [0, 0.1) is 6.92 Å². The van der Waals surface area contributed by atoms with E-state index in [1.54, 1.807) is 0 Å². The maximum atomic E-state index is 12.0. The molecule has 0 fully saturated rings. The minimum atomic E-state index is 0.0267. The summed E-state index contributed by atoms with van der Waals surface area (Å²) in [5.74, 6) is 0.945. The first kappa shape index (κ1) is 17.6. The van der Waals surface area contributed by atoms with E-state index in [-0.39, 0.29) is 5.91 Å². The van der Waals surface area contributed by atoms with Gasteiger partial charge in [-0.05, 0) is 43.2 Å². The number of benzene rings is 2. The fraction of sp³-hybridized carbons (Fsp3) is 0.350. The Hall–Kier alpha value is -1.74. The van der Waals surface area contributed by atoms with E-state index in [4.69, 9.17) is 0 Å². The molecule has 0 unspecified atom stereocenters. The molecular weight excluding hydrogens is 302 g/mol. The van der Waals surface area contributed by atoms with E-state index in [0.717, 1.165) is 30.7 Å². The normalized spacial score (nSPS) is 10.5. The molecule has 0 radical (unpaired) electrons. The number of rotatable bonds is 8.